The van der Waals surface area contributed by atoms with Gasteiger partial charge in [-0.2, -0.15) is 0 Å². The van der Waals surface area contributed by atoms with Crippen molar-refractivity contribution in [2.24, 2.45) is 0 Å². The highest BCUT2D eigenvalue weighted by molar-refractivity contribution is 5.70. The van der Waals surface area contributed by atoms with Crippen molar-refractivity contribution in [3.8, 4) is 0 Å². The van der Waals surface area contributed by atoms with Crippen molar-refractivity contribution in [1.82, 2.24) is 0 Å². The number of aliphatic carboxylic acids is 1. The van der Waals surface area contributed by atoms with Crippen molar-refractivity contribution < 1.29 is 42.9 Å². The van der Waals surface area contributed by atoms with E-state index in [1.807, 2.05) is 21.1 Å². The number of carbonyl (C=O) groups excluding carboxylic acids is 3. The second kappa shape index (κ2) is 46.8. The van der Waals surface area contributed by atoms with E-state index in [9.17, 15) is 19.5 Å². The number of quaternary nitrogens is 1. The van der Waals surface area contributed by atoms with Gasteiger partial charge in [-0.15, -0.1) is 0 Å². The maximum Gasteiger partial charge on any atom is 0.306 e. The summed E-state index contributed by atoms with van der Waals surface area (Å²) < 4.78 is 22.5. The first-order chi connectivity index (χ1) is 30.6. The molecule has 0 saturated carbocycles. The Labute approximate surface area is 390 Å². The van der Waals surface area contributed by atoms with Crippen LogP contribution in [0.2, 0.25) is 0 Å². The summed E-state index contributed by atoms with van der Waals surface area (Å²) in [6, 6.07) is 0. The molecule has 0 radical (unpaired) electrons. The van der Waals surface area contributed by atoms with E-state index in [2.05, 4.69) is 13.8 Å². The summed E-state index contributed by atoms with van der Waals surface area (Å²) in [5, 5.41) is 11.7. The number of nitrogens with zero attached hydrogens (tertiary/aromatic N) is 1. The Bertz CT molecular complexity index is 1000. The van der Waals surface area contributed by atoms with Crippen LogP contribution in [-0.4, -0.2) is 82.3 Å². The van der Waals surface area contributed by atoms with E-state index in [-0.39, 0.29) is 32.2 Å². The number of carboxylic acid groups (broad SMARTS) is 1. The van der Waals surface area contributed by atoms with Crippen LogP contribution in [-0.2, 0) is 33.3 Å². The molecule has 0 saturated heterocycles. The minimum atomic E-state index is -1.61. The molecule has 0 aliphatic carbocycles. The highest BCUT2D eigenvalue weighted by Gasteiger charge is 2.22. The Balaban J connectivity index is 3.93. The van der Waals surface area contributed by atoms with Crippen LogP contribution in [0.3, 0.4) is 0 Å². The van der Waals surface area contributed by atoms with Crippen LogP contribution >= 0.6 is 0 Å². The standard InChI is InChI=1S/C54H105NO8/c1-6-8-10-12-14-15-16-17-18-19-20-21-22-23-24-25-26-27-28-29-30-31-32-33-34-35-36-37-39-41-43-45-52(57)63-50(48-61-51(56)44-42-40-38-13-11-9-7-2)49-62-54(53(58)59)60-47-46-55(3,4)5/h50,54H,6-49H2,1-5H3. The lowest BCUT2D eigenvalue weighted by molar-refractivity contribution is -0.870. The third kappa shape index (κ3) is 48.1. The molecule has 0 amide bonds. The van der Waals surface area contributed by atoms with Gasteiger partial charge in [0.25, 0.3) is 0 Å². The predicted octanol–water partition coefficient (Wildman–Crippen LogP) is 13.9. The number of unbranched alkanes of at least 4 members (excludes halogenated alkanes) is 36. The number of hydrogen-bond donors (Lipinski definition) is 0. The SMILES string of the molecule is CCCCCCCCCCCCCCCCCCCCCCCCCCCCCCCCCC(=O)OC(COC(=O)CCCCCCCCC)COC(OCC[N+](C)(C)C)C(=O)[O-]. The van der Waals surface area contributed by atoms with Gasteiger partial charge in [0.2, 0.25) is 0 Å². The summed E-state index contributed by atoms with van der Waals surface area (Å²) in [4.78, 5) is 36.9. The van der Waals surface area contributed by atoms with Gasteiger partial charge < -0.3 is 33.3 Å². The van der Waals surface area contributed by atoms with Crippen LogP contribution in [0.5, 0.6) is 0 Å². The lowest BCUT2D eigenvalue weighted by atomic mass is 10.0. The summed E-state index contributed by atoms with van der Waals surface area (Å²) in [7, 11) is 5.92. The van der Waals surface area contributed by atoms with Gasteiger partial charge in [0, 0.05) is 12.8 Å². The van der Waals surface area contributed by atoms with E-state index in [4.69, 9.17) is 18.9 Å². The minimum Gasteiger partial charge on any atom is -0.545 e. The number of hydrogen-bond acceptors (Lipinski definition) is 8. The summed E-state index contributed by atoms with van der Waals surface area (Å²) in [5.41, 5.74) is 0. The average molecular weight is 896 g/mol. The van der Waals surface area contributed by atoms with Crippen LogP contribution in [0.25, 0.3) is 0 Å². The zero-order chi connectivity index (χ0) is 46.3. The highest BCUT2D eigenvalue weighted by Crippen LogP contribution is 2.18. The first kappa shape index (κ1) is 61.3. The first-order valence-electron chi connectivity index (χ1n) is 27.2. The molecule has 374 valence electrons. The summed E-state index contributed by atoms with van der Waals surface area (Å²) in [6.45, 7) is 4.74. The van der Waals surface area contributed by atoms with Gasteiger partial charge in [0.05, 0.1) is 40.3 Å². The molecule has 0 spiro atoms. The lowest BCUT2D eigenvalue weighted by Crippen LogP contribution is -2.44. The Hall–Kier alpha value is -1.71. The molecule has 0 aliphatic heterocycles. The number of rotatable bonds is 51. The monoisotopic (exact) mass is 896 g/mol. The molecular formula is C54H105NO8. The third-order valence-electron chi connectivity index (χ3n) is 12.4. The highest BCUT2D eigenvalue weighted by atomic mass is 16.7. The van der Waals surface area contributed by atoms with E-state index in [0.717, 1.165) is 38.5 Å². The predicted molar refractivity (Wildman–Crippen MR) is 260 cm³/mol. The van der Waals surface area contributed by atoms with E-state index < -0.39 is 24.3 Å². The maximum absolute atomic E-state index is 12.8. The second-order valence-electron chi connectivity index (χ2n) is 19.9. The molecule has 0 heterocycles. The van der Waals surface area contributed by atoms with E-state index >= 15 is 0 Å². The number of esters is 2. The van der Waals surface area contributed by atoms with Crippen molar-refractivity contribution in [1.29, 1.82) is 0 Å². The van der Waals surface area contributed by atoms with Gasteiger partial charge in [-0.25, -0.2) is 0 Å². The van der Waals surface area contributed by atoms with Crippen molar-refractivity contribution in [3.63, 3.8) is 0 Å². The normalized spacial score (nSPS) is 12.7. The third-order valence-corrected chi connectivity index (χ3v) is 12.4. The fourth-order valence-electron chi connectivity index (χ4n) is 8.13. The smallest absolute Gasteiger partial charge is 0.306 e. The first-order valence-corrected chi connectivity index (χ1v) is 27.2. The minimum absolute atomic E-state index is 0.153. The van der Waals surface area contributed by atoms with Crippen molar-refractivity contribution in [2.45, 2.75) is 283 Å². The van der Waals surface area contributed by atoms with Gasteiger partial charge in [-0.1, -0.05) is 245 Å². The summed E-state index contributed by atoms with van der Waals surface area (Å²) in [6.07, 6.45) is 47.7. The van der Waals surface area contributed by atoms with Gasteiger partial charge in [-0.05, 0) is 12.8 Å². The topological polar surface area (TPSA) is 111 Å². The molecular weight excluding hydrogens is 791 g/mol. The zero-order valence-corrected chi connectivity index (χ0v) is 42.5. The quantitative estimate of drug-likeness (QED) is 0.0257. The van der Waals surface area contributed by atoms with Gasteiger partial charge in [-0.3, -0.25) is 9.59 Å². The number of likely N-dealkylation sites (N-methyl/N-ethyl adjacent to an activating group) is 1. The fourth-order valence-corrected chi connectivity index (χ4v) is 8.13. The van der Waals surface area contributed by atoms with Crippen molar-refractivity contribution in [3.05, 3.63) is 0 Å². The molecule has 0 aliphatic rings. The summed E-state index contributed by atoms with van der Waals surface area (Å²) >= 11 is 0. The zero-order valence-electron chi connectivity index (χ0n) is 42.5. The molecule has 63 heavy (non-hydrogen) atoms. The molecule has 0 aromatic heterocycles. The van der Waals surface area contributed by atoms with Crippen LogP contribution < -0.4 is 5.11 Å². The molecule has 0 aromatic rings. The molecule has 0 fully saturated rings. The molecule has 0 aromatic carbocycles. The maximum atomic E-state index is 12.8. The lowest BCUT2D eigenvalue weighted by Gasteiger charge is -2.26. The van der Waals surface area contributed by atoms with Crippen molar-refractivity contribution in [2.75, 3.05) is 47.5 Å². The van der Waals surface area contributed by atoms with Gasteiger partial charge in [0.1, 0.15) is 13.2 Å². The van der Waals surface area contributed by atoms with E-state index in [1.165, 1.54) is 205 Å². The summed E-state index contributed by atoms with van der Waals surface area (Å²) in [5.74, 6) is -2.27. The van der Waals surface area contributed by atoms with Crippen LogP contribution in [0.4, 0.5) is 0 Å². The number of carboxylic acids is 1. The van der Waals surface area contributed by atoms with Crippen molar-refractivity contribution >= 4 is 17.9 Å². The Morgan fingerprint density at radius 1 is 0.413 bits per heavy atom. The van der Waals surface area contributed by atoms with Crippen LogP contribution in [0, 0.1) is 0 Å². The second-order valence-corrected chi connectivity index (χ2v) is 19.9. The molecule has 0 N–H and O–H groups in total. The fraction of sp³-hybridized carbons (Fsp3) is 0.944. The molecule has 0 rings (SSSR count). The van der Waals surface area contributed by atoms with E-state index in [1.54, 1.807) is 0 Å². The van der Waals surface area contributed by atoms with E-state index in [0.29, 0.717) is 17.4 Å². The molecule has 9 heteroatoms. The van der Waals surface area contributed by atoms with Gasteiger partial charge in [0.15, 0.2) is 12.4 Å². The molecule has 2 atom stereocenters. The number of carbonyl (C=O) groups is 3. The van der Waals surface area contributed by atoms with Crippen LogP contribution in [0.15, 0.2) is 0 Å². The number of ether oxygens (including phenoxy) is 4. The Morgan fingerprint density at radius 3 is 1.02 bits per heavy atom. The molecule has 9 nitrogen and oxygen atoms in total. The molecule has 2 unspecified atom stereocenters. The Morgan fingerprint density at radius 2 is 0.714 bits per heavy atom. The van der Waals surface area contributed by atoms with Gasteiger partial charge >= 0.3 is 11.9 Å². The largest absolute Gasteiger partial charge is 0.545 e. The average Bonchev–Trinajstić information content (AvgIpc) is 3.24. The Kier molecular flexibility index (Phi) is 45.5. The van der Waals surface area contributed by atoms with Crippen LogP contribution in [0.1, 0.15) is 271 Å². The molecule has 0 bridgehead atoms.